The van der Waals surface area contributed by atoms with Crippen molar-refractivity contribution in [3.05, 3.63) is 64.2 Å². The number of hydrogen-bond donors (Lipinski definition) is 0. The predicted octanol–water partition coefficient (Wildman–Crippen LogP) is 7.20. The molecule has 1 heteroatoms. The summed E-state index contributed by atoms with van der Waals surface area (Å²) in [6.45, 7) is 23.0. The predicted molar refractivity (Wildman–Crippen MR) is 129 cm³/mol. The van der Waals surface area contributed by atoms with E-state index in [0.29, 0.717) is 8.58 Å². The van der Waals surface area contributed by atoms with Gasteiger partial charge >= 0.3 is 0 Å². The fraction of sp³-hybridized carbons (Fsp3) is 0.481. The van der Waals surface area contributed by atoms with Crippen LogP contribution in [-0.2, 0) is 16.2 Å². The highest BCUT2D eigenvalue weighted by Crippen LogP contribution is 2.36. The molecule has 0 aliphatic heterocycles. The Morgan fingerprint density at radius 1 is 0.679 bits per heavy atom. The Morgan fingerprint density at radius 3 is 1.54 bits per heavy atom. The number of aryl methyl sites for hydroxylation is 1. The maximum Gasteiger partial charge on any atom is 0.0248 e. The summed E-state index contributed by atoms with van der Waals surface area (Å²) in [6, 6.07) is 13.4. The Labute approximate surface area is 175 Å². The molecule has 1 atom stereocenters. The molecule has 2 aromatic rings. The van der Waals surface area contributed by atoms with Gasteiger partial charge in [-0.1, -0.05) is 104 Å². The topological polar surface area (TPSA) is 0 Å². The van der Waals surface area contributed by atoms with Gasteiger partial charge < -0.3 is 0 Å². The van der Waals surface area contributed by atoms with Crippen LogP contribution in [-0.4, -0.2) is 0 Å². The van der Waals surface area contributed by atoms with E-state index in [4.69, 9.17) is 0 Å². The lowest BCUT2D eigenvalue weighted by molar-refractivity contribution is 0.554. The van der Waals surface area contributed by atoms with Crippen molar-refractivity contribution in [2.24, 2.45) is 0 Å². The Morgan fingerprint density at radius 2 is 1.14 bits per heavy atom. The average Bonchev–Trinajstić information content (AvgIpc) is 2.53. The summed E-state index contributed by atoms with van der Waals surface area (Å²) in [5.41, 5.74) is 10.5. The molecule has 0 aromatic heterocycles. The molecule has 2 rings (SSSR count). The Kier molecular flexibility index (Phi) is 6.53. The summed E-state index contributed by atoms with van der Waals surface area (Å²) in [4.78, 5) is 0. The second-order valence-corrected chi connectivity index (χ2v) is 11.9. The standard InChI is InChI=1S/C27H37P/c1-19-11-13-20(14-12-19)15-16-28-24-22(26(5,6)7)17-21(25(2,3)4)18-23(24)27(8,9)10/h11-14,17-18,28H,1-10H3. The van der Waals surface area contributed by atoms with Gasteiger partial charge in [-0.05, 0) is 65.9 Å². The van der Waals surface area contributed by atoms with Crippen LogP contribution in [0.2, 0.25) is 0 Å². The van der Waals surface area contributed by atoms with Gasteiger partial charge in [0.2, 0.25) is 0 Å². The Balaban J connectivity index is 2.62. The second kappa shape index (κ2) is 8.05. The van der Waals surface area contributed by atoms with Gasteiger partial charge in [0.15, 0.2) is 0 Å². The van der Waals surface area contributed by atoms with Gasteiger partial charge in [0, 0.05) is 5.56 Å². The molecule has 2 aromatic carbocycles. The van der Waals surface area contributed by atoms with Crippen LogP contribution in [0.3, 0.4) is 0 Å². The molecular formula is C27H37P. The molecular weight excluding hydrogens is 355 g/mol. The third-order valence-corrected chi connectivity index (χ3v) is 6.10. The van der Waals surface area contributed by atoms with E-state index in [1.54, 1.807) is 0 Å². The van der Waals surface area contributed by atoms with E-state index in [0.717, 1.165) is 5.56 Å². The Hall–Kier alpha value is -1.57. The summed E-state index contributed by atoms with van der Waals surface area (Å²) < 4.78 is 0. The molecule has 1 unspecified atom stereocenters. The van der Waals surface area contributed by atoms with Crippen molar-refractivity contribution in [1.82, 2.24) is 0 Å². The highest BCUT2D eigenvalue weighted by molar-refractivity contribution is 7.52. The molecule has 0 saturated heterocycles. The van der Waals surface area contributed by atoms with Gasteiger partial charge in [0.05, 0.1) is 0 Å². The van der Waals surface area contributed by atoms with E-state index >= 15 is 0 Å². The van der Waals surface area contributed by atoms with Crippen molar-refractivity contribution < 1.29 is 0 Å². The molecule has 0 saturated carbocycles. The molecule has 0 bridgehead atoms. The van der Waals surface area contributed by atoms with E-state index in [1.807, 2.05) is 0 Å². The van der Waals surface area contributed by atoms with E-state index in [-0.39, 0.29) is 16.2 Å². The molecule has 0 spiro atoms. The summed E-state index contributed by atoms with van der Waals surface area (Å²) in [5, 5.41) is 1.44. The first kappa shape index (κ1) is 22.7. The number of rotatable bonds is 1. The second-order valence-electron chi connectivity index (χ2n) is 10.9. The van der Waals surface area contributed by atoms with Gasteiger partial charge in [-0.15, -0.1) is 0 Å². The number of benzene rings is 2. The molecule has 0 amide bonds. The molecule has 0 aliphatic rings. The van der Waals surface area contributed by atoms with E-state index in [1.165, 1.54) is 27.6 Å². The highest BCUT2D eigenvalue weighted by Gasteiger charge is 2.28. The van der Waals surface area contributed by atoms with Crippen LogP contribution in [0, 0.1) is 18.5 Å². The lowest BCUT2D eigenvalue weighted by atomic mass is 9.75. The molecule has 0 nitrogen and oxygen atoms in total. The maximum absolute atomic E-state index is 3.50. The van der Waals surface area contributed by atoms with Gasteiger partial charge in [-0.25, -0.2) is 0 Å². The normalized spacial score (nSPS) is 12.9. The largest absolute Gasteiger partial charge is 0.0698 e. The van der Waals surface area contributed by atoms with Gasteiger partial charge in [-0.3, -0.25) is 0 Å². The van der Waals surface area contributed by atoms with Crippen molar-refractivity contribution in [2.45, 2.75) is 85.5 Å². The van der Waals surface area contributed by atoms with Crippen molar-refractivity contribution >= 4 is 13.9 Å². The zero-order valence-electron chi connectivity index (χ0n) is 19.5. The first-order chi connectivity index (χ1) is 12.7. The van der Waals surface area contributed by atoms with Crippen molar-refractivity contribution in [3.63, 3.8) is 0 Å². The van der Waals surface area contributed by atoms with Crippen molar-refractivity contribution in [1.29, 1.82) is 0 Å². The third kappa shape index (κ3) is 5.72. The fourth-order valence-corrected chi connectivity index (χ4v) is 4.69. The molecule has 0 N–H and O–H groups in total. The molecule has 0 radical (unpaired) electrons. The fourth-order valence-electron chi connectivity index (χ4n) is 3.20. The van der Waals surface area contributed by atoms with Crippen LogP contribution < -0.4 is 5.30 Å². The first-order valence-electron chi connectivity index (χ1n) is 10.2. The maximum atomic E-state index is 3.50. The summed E-state index contributed by atoms with van der Waals surface area (Å²) in [6.07, 6.45) is 0. The van der Waals surface area contributed by atoms with Crippen molar-refractivity contribution in [2.75, 3.05) is 0 Å². The van der Waals surface area contributed by atoms with Crippen LogP contribution in [0.15, 0.2) is 36.4 Å². The lowest BCUT2D eigenvalue weighted by Crippen LogP contribution is -2.30. The molecule has 0 heterocycles. The summed E-state index contributed by atoms with van der Waals surface area (Å²) >= 11 is 0. The minimum atomic E-state index is 0.0924. The minimum absolute atomic E-state index is 0.0924. The van der Waals surface area contributed by atoms with E-state index in [9.17, 15) is 0 Å². The van der Waals surface area contributed by atoms with Gasteiger partial charge in [-0.2, -0.15) is 0 Å². The third-order valence-electron chi connectivity index (χ3n) is 5.07. The van der Waals surface area contributed by atoms with Crippen molar-refractivity contribution in [3.8, 4) is 11.6 Å². The zero-order valence-corrected chi connectivity index (χ0v) is 20.5. The quantitative estimate of drug-likeness (QED) is 0.355. The van der Waals surface area contributed by atoms with Crippen LogP contribution in [0.25, 0.3) is 0 Å². The zero-order chi connectivity index (χ0) is 21.3. The molecule has 150 valence electrons. The average molecular weight is 393 g/mol. The highest BCUT2D eigenvalue weighted by atomic mass is 31.1. The molecule has 28 heavy (non-hydrogen) atoms. The van der Waals surface area contributed by atoms with Crippen LogP contribution >= 0.6 is 8.58 Å². The Bertz CT molecular complexity index is 848. The van der Waals surface area contributed by atoms with Crippen LogP contribution in [0.4, 0.5) is 0 Å². The van der Waals surface area contributed by atoms with Crippen LogP contribution in [0.1, 0.15) is 90.1 Å². The van der Waals surface area contributed by atoms with E-state index < -0.39 is 0 Å². The van der Waals surface area contributed by atoms with E-state index in [2.05, 4.69) is 117 Å². The van der Waals surface area contributed by atoms with Gasteiger partial charge in [0.25, 0.3) is 0 Å². The summed E-state index contributed by atoms with van der Waals surface area (Å²) in [5.74, 6) is 3.38. The minimum Gasteiger partial charge on any atom is -0.0698 e. The number of hydrogen-bond acceptors (Lipinski definition) is 0. The molecule has 0 fully saturated rings. The van der Waals surface area contributed by atoms with Gasteiger partial charge in [0.1, 0.15) is 0 Å². The SMILES string of the molecule is Cc1ccc(C#CPc2c(C(C)(C)C)cc(C(C)(C)C)cc2C(C)(C)C)cc1. The molecule has 0 aliphatic carbocycles. The smallest absolute Gasteiger partial charge is 0.0248 e. The summed E-state index contributed by atoms with van der Waals surface area (Å²) in [7, 11) is 0.491. The van der Waals surface area contributed by atoms with Crippen LogP contribution in [0.5, 0.6) is 0 Å². The lowest BCUT2D eigenvalue weighted by Gasteiger charge is -2.33. The monoisotopic (exact) mass is 392 g/mol. The first-order valence-corrected chi connectivity index (χ1v) is 11.2.